The topological polar surface area (TPSA) is 108 Å². The van der Waals surface area contributed by atoms with Crippen molar-refractivity contribution in [1.29, 1.82) is 0 Å². The number of ether oxygens (including phenoxy) is 1. The quantitative estimate of drug-likeness (QED) is 0.676. The van der Waals surface area contributed by atoms with Crippen LogP contribution in [0, 0.1) is 10.1 Å². The maximum Gasteiger partial charge on any atom is 0.294 e. The van der Waals surface area contributed by atoms with E-state index in [4.69, 9.17) is 9.26 Å². The van der Waals surface area contributed by atoms with Crippen LogP contribution in [0.15, 0.2) is 33.3 Å². The highest BCUT2D eigenvalue weighted by Gasteiger charge is 2.16. The first-order valence-corrected chi connectivity index (χ1v) is 6.06. The molecule has 0 saturated carbocycles. The van der Waals surface area contributed by atoms with E-state index < -0.39 is 10.8 Å². The molecule has 0 bridgehead atoms. The third kappa shape index (κ3) is 2.94. The fourth-order valence-corrected chi connectivity index (χ4v) is 1.91. The molecular weight excluding hydrogens is 334 g/mol. The standard InChI is InChI=1S/C11H8BrN3O5/c1-19-10-5-9(20-14-10)11(16)13-6-2-3-8(15(17)18)7(12)4-6/h2-5H,1H3,(H,13,16). The van der Waals surface area contributed by atoms with Crippen LogP contribution >= 0.6 is 15.9 Å². The minimum Gasteiger partial charge on any atom is -0.479 e. The summed E-state index contributed by atoms with van der Waals surface area (Å²) in [5, 5.41) is 16.7. The maximum absolute atomic E-state index is 11.8. The zero-order valence-electron chi connectivity index (χ0n) is 10.1. The second-order valence-corrected chi connectivity index (χ2v) is 4.47. The van der Waals surface area contributed by atoms with Gasteiger partial charge < -0.3 is 14.6 Å². The van der Waals surface area contributed by atoms with Crippen molar-refractivity contribution >= 4 is 33.2 Å². The monoisotopic (exact) mass is 341 g/mol. The molecule has 0 aliphatic heterocycles. The second-order valence-electron chi connectivity index (χ2n) is 3.61. The Kier molecular flexibility index (Phi) is 3.99. The SMILES string of the molecule is COc1cc(C(=O)Nc2ccc([N+](=O)[O-])c(Br)c2)on1. The fraction of sp³-hybridized carbons (Fsp3) is 0.0909. The molecule has 0 fully saturated rings. The van der Waals surface area contributed by atoms with Gasteiger partial charge in [-0.15, -0.1) is 0 Å². The van der Waals surface area contributed by atoms with Gasteiger partial charge in [0.25, 0.3) is 17.5 Å². The van der Waals surface area contributed by atoms with Crippen LogP contribution in [-0.4, -0.2) is 23.1 Å². The van der Waals surface area contributed by atoms with Crippen molar-refractivity contribution in [2.75, 3.05) is 12.4 Å². The van der Waals surface area contributed by atoms with E-state index in [-0.39, 0.29) is 21.8 Å². The number of hydrogen-bond acceptors (Lipinski definition) is 6. The molecule has 8 nitrogen and oxygen atoms in total. The molecule has 0 unspecified atom stereocenters. The van der Waals surface area contributed by atoms with Gasteiger partial charge in [0.15, 0.2) is 0 Å². The molecule has 1 amide bonds. The molecule has 0 spiro atoms. The van der Waals surface area contributed by atoms with Gasteiger partial charge in [0.2, 0.25) is 5.76 Å². The predicted molar refractivity (Wildman–Crippen MR) is 71.8 cm³/mol. The molecule has 9 heteroatoms. The van der Waals surface area contributed by atoms with Gasteiger partial charge in [-0.1, -0.05) is 0 Å². The van der Waals surface area contributed by atoms with E-state index in [0.717, 1.165) is 0 Å². The summed E-state index contributed by atoms with van der Waals surface area (Å²) >= 11 is 3.06. The van der Waals surface area contributed by atoms with Crippen LogP contribution in [0.4, 0.5) is 11.4 Å². The van der Waals surface area contributed by atoms with E-state index in [0.29, 0.717) is 5.69 Å². The van der Waals surface area contributed by atoms with Crippen LogP contribution < -0.4 is 10.1 Å². The van der Waals surface area contributed by atoms with Crippen LogP contribution in [0.1, 0.15) is 10.6 Å². The summed E-state index contributed by atoms with van der Waals surface area (Å²) in [5.74, 6) is -0.391. The minimum absolute atomic E-state index is 0.0312. The van der Waals surface area contributed by atoms with Gasteiger partial charge in [-0.05, 0) is 33.2 Å². The highest BCUT2D eigenvalue weighted by Crippen LogP contribution is 2.28. The number of aromatic nitrogens is 1. The number of carbonyl (C=O) groups is 1. The molecule has 1 aromatic heterocycles. The molecule has 0 aliphatic rings. The Hall–Kier alpha value is -2.42. The van der Waals surface area contributed by atoms with Crippen LogP contribution in [-0.2, 0) is 0 Å². The molecule has 2 aromatic rings. The number of rotatable bonds is 4. The number of anilines is 1. The van der Waals surface area contributed by atoms with E-state index in [1.807, 2.05) is 0 Å². The van der Waals surface area contributed by atoms with Gasteiger partial charge in [0.05, 0.1) is 22.6 Å². The molecule has 104 valence electrons. The number of nitrogens with zero attached hydrogens (tertiary/aromatic N) is 2. The molecule has 0 saturated heterocycles. The Labute approximate surface area is 121 Å². The molecule has 0 radical (unpaired) electrons. The Morgan fingerprint density at radius 1 is 1.50 bits per heavy atom. The lowest BCUT2D eigenvalue weighted by Crippen LogP contribution is -2.10. The zero-order valence-corrected chi connectivity index (χ0v) is 11.7. The second kappa shape index (κ2) is 5.70. The average molecular weight is 342 g/mol. The lowest BCUT2D eigenvalue weighted by Gasteiger charge is -2.03. The summed E-state index contributed by atoms with van der Waals surface area (Å²) in [5.41, 5.74) is 0.284. The molecule has 1 heterocycles. The molecule has 1 N–H and O–H groups in total. The first kappa shape index (κ1) is 14.0. The van der Waals surface area contributed by atoms with Gasteiger partial charge in [0, 0.05) is 11.8 Å². The molecule has 0 aliphatic carbocycles. The van der Waals surface area contributed by atoms with Crippen molar-refractivity contribution in [1.82, 2.24) is 5.16 Å². The lowest BCUT2D eigenvalue weighted by molar-refractivity contribution is -0.385. The first-order chi connectivity index (χ1) is 9.51. The summed E-state index contributed by atoms with van der Waals surface area (Å²) in [7, 11) is 1.40. The average Bonchev–Trinajstić information content (AvgIpc) is 2.87. The van der Waals surface area contributed by atoms with Crippen molar-refractivity contribution in [2.45, 2.75) is 0 Å². The zero-order chi connectivity index (χ0) is 14.7. The highest BCUT2D eigenvalue weighted by molar-refractivity contribution is 9.10. The van der Waals surface area contributed by atoms with Crippen molar-refractivity contribution in [3.8, 4) is 5.88 Å². The number of nitro benzene ring substituents is 1. The number of benzene rings is 1. The number of amides is 1. The highest BCUT2D eigenvalue weighted by atomic mass is 79.9. The van der Waals surface area contributed by atoms with Crippen molar-refractivity contribution in [2.24, 2.45) is 0 Å². The maximum atomic E-state index is 11.8. The van der Waals surface area contributed by atoms with E-state index >= 15 is 0 Å². The Bertz CT molecular complexity index is 670. The van der Waals surface area contributed by atoms with Gasteiger partial charge in [-0.25, -0.2) is 0 Å². The van der Waals surface area contributed by atoms with Crippen molar-refractivity contribution < 1.29 is 19.0 Å². The number of methoxy groups -OCH3 is 1. The number of hydrogen-bond donors (Lipinski definition) is 1. The summed E-state index contributed by atoms with van der Waals surface area (Å²) in [6.45, 7) is 0. The number of halogens is 1. The molecule has 1 aromatic carbocycles. The third-order valence-corrected chi connectivity index (χ3v) is 2.96. The number of carbonyl (C=O) groups excluding carboxylic acids is 1. The smallest absolute Gasteiger partial charge is 0.294 e. The number of nitrogens with one attached hydrogen (secondary N) is 1. The Morgan fingerprint density at radius 2 is 2.25 bits per heavy atom. The summed E-state index contributed by atoms with van der Waals surface area (Å²) in [4.78, 5) is 22.0. The molecule has 20 heavy (non-hydrogen) atoms. The van der Waals surface area contributed by atoms with Gasteiger partial charge in [-0.3, -0.25) is 14.9 Å². The summed E-state index contributed by atoms with van der Waals surface area (Å²) < 4.78 is 9.82. The van der Waals surface area contributed by atoms with Gasteiger partial charge in [-0.2, -0.15) is 0 Å². The normalized spacial score (nSPS) is 10.1. The van der Waals surface area contributed by atoms with Crippen LogP contribution in [0.25, 0.3) is 0 Å². The van der Waals surface area contributed by atoms with Gasteiger partial charge >= 0.3 is 0 Å². The van der Waals surface area contributed by atoms with E-state index in [1.54, 1.807) is 0 Å². The lowest BCUT2D eigenvalue weighted by atomic mass is 10.3. The summed E-state index contributed by atoms with van der Waals surface area (Å²) in [6, 6.07) is 5.44. The Morgan fingerprint density at radius 3 is 2.80 bits per heavy atom. The molecule has 2 rings (SSSR count). The third-order valence-electron chi connectivity index (χ3n) is 2.32. The van der Waals surface area contributed by atoms with Crippen LogP contribution in [0.5, 0.6) is 5.88 Å². The Balaban J connectivity index is 2.15. The predicted octanol–water partition coefficient (Wildman–Crippen LogP) is 2.61. The van der Waals surface area contributed by atoms with E-state index in [2.05, 4.69) is 26.4 Å². The number of nitro groups is 1. The van der Waals surface area contributed by atoms with E-state index in [9.17, 15) is 14.9 Å². The van der Waals surface area contributed by atoms with Crippen LogP contribution in [0.2, 0.25) is 0 Å². The van der Waals surface area contributed by atoms with Gasteiger partial charge in [0.1, 0.15) is 0 Å². The van der Waals surface area contributed by atoms with Crippen LogP contribution in [0.3, 0.4) is 0 Å². The molecular formula is C11H8BrN3O5. The van der Waals surface area contributed by atoms with E-state index in [1.165, 1.54) is 31.4 Å². The first-order valence-electron chi connectivity index (χ1n) is 5.27. The molecule has 0 atom stereocenters. The van der Waals surface area contributed by atoms with Crippen molar-refractivity contribution in [3.05, 3.63) is 44.6 Å². The largest absolute Gasteiger partial charge is 0.479 e. The summed E-state index contributed by atoms with van der Waals surface area (Å²) in [6.07, 6.45) is 0. The minimum atomic E-state index is -0.540. The fourth-order valence-electron chi connectivity index (χ4n) is 1.39. The van der Waals surface area contributed by atoms with Crippen molar-refractivity contribution in [3.63, 3.8) is 0 Å².